The second kappa shape index (κ2) is 10.3. The van der Waals surface area contributed by atoms with Gasteiger partial charge in [-0.1, -0.05) is 55.0 Å². The Labute approximate surface area is 216 Å². The first kappa shape index (κ1) is 24.9. The van der Waals surface area contributed by atoms with E-state index < -0.39 is 0 Å². The van der Waals surface area contributed by atoms with Crippen LogP contribution >= 0.6 is 0 Å². The molecule has 0 atom stereocenters. The van der Waals surface area contributed by atoms with E-state index in [4.69, 9.17) is 4.74 Å². The topological polar surface area (TPSA) is 36.0 Å². The molecule has 1 saturated heterocycles. The summed E-state index contributed by atoms with van der Waals surface area (Å²) in [7, 11) is 3.92. The first-order valence-corrected chi connectivity index (χ1v) is 13.6. The van der Waals surface area contributed by atoms with Gasteiger partial charge in [-0.05, 0) is 74.8 Å². The van der Waals surface area contributed by atoms with Gasteiger partial charge in [0.2, 0.25) is 0 Å². The molecule has 2 amide bonds. The monoisotopic (exact) mass is 487 g/mol. The Kier molecular flexibility index (Phi) is 7.11. The number of nitrogens with zero attached hydrogens (tertiary/aromatic N) is 3. The van der Waals surface area contributed by atoms with Crippen molar-refractivity contribution in [2.45, 2.75) is 62.6 Å². The molecule has 1 heterocycles. The number of urea groups is 1. The molecule has 0 bridgehead atoms. The van der Waals surface area contributed by atoms with E-state index in [9.17, 15) is 4.79 Å². The molecule has 1 aliphatic heterocycles. The Balaban J connectivity index is 1.40. The molecule has 0 N–H and O–H groups in total. The standard InChI is InChI=1S/C31H41N3O2/c1-4-21-32(2)31(27-11-6-5-7-12-27)19-17-30(18-20-31)24-33(22-26-13-15-28(36-3)16-14-26)29(35)34(30)23-25-9-8-10-25/h4-7,11-16,25H,1,8-10,17-24H2,2-3H3. The van der Waals surface area contributed by atoms with Crippen molar-refractivity contribution >= 4 is 6.03 Å². The molecule has 192 valence electrons. The van der Waals surface area contributed by atoms with Crippen LogP contribution in [0.1, 0.15) is 56.1 Å². The molecular weight excluding hydrogens is 446 g/mol. The average molecular weight is 488 g/mol. The second-order valence-electron chi connectivity index (χ2n) is 11.2. The lowest BCUT2D eigenvalue weighted by Gasteiger charge is -2.52. The van der Waals surface area contributed by atoms with Crippen molar-refractivity contribution in [1.82, 2.24) is 14.7 Å². The van der Waals surface area contributed by atoms with Gasteiger partial charge in [-0.15, -0.1) is 6.58 Å². The highest BCUT2D eigenvalue weighted by Crippen LogP contribution is 2.50. The van der Waals surface area contributed by atoms with Gasteiger partial charge in [0.05, 0.1) is 12.6 Å². The minimum absolute atomic E-state index is 0.0186. The number of amides is 2. The fourth-order valence-corrected chi connectivity index (χ4v) is 6.73. The fraction of sp³-hybridized carbons (Fsp3) is 0.516. The summed E-state index contributed by atoms with van der Waals surface area (Å²) in [4.78, 5) is 20.7. The van der Waals surface area contributed by atoms with Crippen LogP contribution in [0.15, 0.2) is 67.3 Å². The van der Waals surface area contributed by atoms with E-state index in [0.29, 0.717) is 12.5 Å². The van der Waals surface area contributed by atoms with Gasteiger partial charge in [-0.25, -0.2) is 4.79 Å². The Morgan fingerprint density at radius 3 is 2.33 bits per heavy atom. The van der Waals surface area contributed by atoms with Crippen molar-refractivity contribution in [3.05, 3.63) is 78.4 Å². The zero-order chi connectivity index (χ0) is 25.2. The molecule has 1 spiro atoms. The zero-order valence-corrected chi connectivity index (χ0v) is 22.0. The summed E-state index contributed by atoms with van der Waals surface area (Å²) >= 11 is 0. The lowest BCUT2D eigenvalue weighted by atomic mass is 9.67. The van der Waals surface area contributed by atoms with E-state index in [1.807, 2.05) is 18.2 Å². The van der Waals surface area contributed by atoms with E-state index >= 15 is 0 Å². The molecule has 36 heavy (non-hydrogen) atoms. The minimum Gasteiger partial charge on any atom is -0.497 e. The number of carbonyl (C=O) groups excluding carboxylic acids is 1. The maximum absolute atomic E-state index is 13.9. The smallest absolute Gasteiger partial charge is 0.320 e. The largest absolute Gasteiger partial charge is 0.497 e. The van der Waals surface area contributed by atoms with E-state index in [1.54, 1.807) is 7.11 Å². The summed E-state index contributed by atoms with van der Waals surface area (Å²) in [6.07, 6.45) is 9.98. The summed E-state index contributed by atoms with van der Waals surface area (Å²) in [6.45, 7) is 7.26. The van der Waals surface area contributed by atoms with Crippen molar-refractivity contribution in [3.8, 4) is 5.75 Å². The molecular formula is C31H41N3O2. The van der Waals surface area contributed by atoms with Crippen LogP contribution in [-0.4, -0.2) is 60.1 Å². The van der Waals surface area contributed by atoms with Gasteiger partial charge >= 0.3 is 6.03 Å². The Hall–Kier alpha value is -2.79. The molecule has 5 nitrogen and oxygen atoms in total. The molecule has 0 aromatic heterocycles. The summed E-state index contributed by atoms with van der Waals surface area (Å²) in [5.74, 6) is 1.51. The number of rotatable bonds is 9. The summed E-state index contributed by atoms with van der Waals surface area (Å²) in [5, 5.41) is 0. The van der Waals surface area contributed by atoms with E-state index in [-0.39, 0.29) is 17.1 Å². The lowest BCUT2D eigenvalue weighted by Crippen LogP contribution is -2.57. The maximum atomic E-state index is 13.9. The number of methoxy groups -OCH3 is 1. The van der Waals surface area contributed by atoms with Crippen LogP contribution < -0.4 is 4.74 Å². The fourth-order valence-electron chi connectivity index (χ4n) is 6.73. The molecule has 2 aromatic rings. The van der Waals surface area contributed by atoms with E-state index in [2.05, 4.69) is 70.8 Å². The molecule has 3 aliphatic rings. The summed E-state index contributed by atoms with van der Waals surface area (Å²) < 4.78 is 5.32. The molecule has 5 heteroatoms. The van der Waals surface area contributed by atoms with Crippen LogP contribution in [0.5, 0.6) is 5.75 Å². The first-order valence-electron chi connectivity index (χ1n) is 13.6. The Bertz CT molecular complexity index is 1040. The normalized spacial score (nSPS) is 26.5. The van der Waals surface area contributed by atoms with Gasteiger partial charge in [0, 0.05) is 31.7 Å². The van der Waals surface area contributed by atoms with Crippen molar-refractivity contribution in [2.24, 2.45) is 5.92 Å². The van der Waals surface area contributed by atoms with Crippen molar-refractivity contribution in [2.75, 3.05) is 33.8 Å². The van der Waals surface area contributed by atoms with Crippen LogP contribution in [0.4, 0.5) is 4.79 Å². The number of benzene rings is 2. The quantitative estimate of drug-likeness (QED) is 0.404. The van der Waals surface area contributed by atoms with Crippen molar-refractivity contribution in [3.63, 3.8) is 0 Å². The zero-order valence-electron chi connectivity index (χ0n) is 22.0. The van der Waals surface area contributed by atoms with E-state index in [1.165, 1.54) is 24.8 Å². The van der Waals surface area contributed by atoms with Crippen LogP contribution in [0.2, 0.25) is 0 Å². The number of likely N-dealkylation sites (N-methyl/N-ethyl adjacent to an activating group) is 1. The second-order valence-corrected chi connectivity index (χ2v) is 11.2. The number of hydrogen-bond donors (Lipinski definition) is 0. The SMILES string of the molecule is C=CCN(C)C1(c2ccccc2)CCC2(CC1)CN(Cc1ccc(OC)cc1)C(=O)N2CC1CCC1. The van der Waals surface area contributed by atoms with Gasteiger partial charge in [-0.3, -0.25) is 4.90 Å². The third kappa shape index (κ3) is 4.54. The van der Waals surface area contributed by atoms with Crippen molar-refractivity contribution in [1.29, 1.82) is 0 Å². The summed E-state index contributed by atoms with van der Waals surface area (Å²) in [5.41, 5.74) is 2.45. The molecule has 0 radical (unpaired) electrons. The highest BCUT2D eigenvalue weighted by Gasteiger charge is 2.55. The van der Waals surface area contributed by atoms with Gasteiger partial charge in [0.1, 0.15) is 5.75 Å². The van der Waals surface area contributed by atoms with Crippen LogP contribution in [0.25, 0.3) is 0 Å². The maximum Gasteiger partial charge on any atom is 0.320 e. The molecule has 2 aliphatic carbocycles. The third-order valence-electron chi connectivity index (χ3n) is 9.21. The predicted octanol–water partition coefficient (Wildman–Crippen LogP) is 6.06. The first-order chi connectivity index (χ1) is 17.5. The van der Waals surface area contributed by atoms with E-state index in [0.717, 1.165) is 56.6 Å². The molecule has 0 unspecified atom stereocenters. The van der Waals surface area contributed by atoms with Gasteiger partial charge in [0.15, 0.2) is 0 Å². The number of hydrogen-bond acceptors (Lipinski definition) is 3. The predicted molar refractivity (Wildman–Crippen MR) is 145 cm³/mol. The van der Waals surface area contributed by atoms with Gasteiger partial charge < -0.3 is 14.5 Å². The van der Waals surface area contributed by atoms with Gasteiger partial charge in [0.25, 0.3) is 0 Å². The molecule has 5 rings (SSSR count). The Morgan fingerprint density at radius 1 is 1.06 bits per heavy atom. The van der Waals surface area contributed by atoms with Crippen LogP contribution in [0.3, 0.4) is 0 Å². The average Bonchev–Trinajstić information content (AvgIpc) is 3.13. The molecule has 3 fully saturated rings. The summed E-state index contributed by atoms with van der Waals surface area (Å²) in [6, 6.07) is 19.3. The van der Waals surface area contributed by atoms with Crippen LogP contribution in [0, 0.1) is 5.92 Å². The Morgan fingerprint density at radius 2 is 1.75 bits per heavy atom. The number of ether oxygens (including phenoxy) is 1. The number of carbonyl (C=O) groups is 1. The highest BCUT2D eigenvalue weighted by molar-refractivity contribution is 5.78. The lowest BCUT2D eigenvalue weighted by molar-refractivity contribution is 0.00970. The third-order valence-corrected chi connectivity index (χ3v) is 9.21. The van der Waals surface area contributed by atoms with Crippen molar-refractivity contribution < 1.29 is 9.53 Å². The van der Waals surface area contributed by atoms with Gasteiger partial charge in [-0.2, -0.15) is 0 Å². The molecule has 2 saturated carbocycles. The minimum atomic E-state index is -0.0769. The molecule has 2 aromatic carbocycles. The van der Waals surface area contributed by atoms with Crippen LogP contribution in [-0.2, 0) is 12.1 Å². The highest BCUT2D eigenvalue weighted by atomic mass is 16.5.